The van der Waals surface area contributed by atoms with E-state index in [9.17, 15) is 4.79 Å². The number of rotatable bonds is 1. The summed E-state index contributed by atoms with van der Waals surface area (Å²) in [6, 6.07) is 3.84. The van der Waals surface area contributed by atoms with E-state index < -0.39 is 0 Å². The van der Waals surface area contributed by atoms with Crippen LogP contribution >= 0.6 is 11.8 Å². The van der Waals surface area contributed by atoms with Crippen molar-refractivity contribution in [3.8, 4) is 11.5 Å². The highest BCUT2D eigenvalue weighted by atomic mass is 32.2. The molecule has 0 spiro atoms. The lowest BCUT2D eigenvalue weighted by Gasteiger charge is -2.03. The summed E-state index contributed by atoms with van der Waals surface area (Å²) in [6.07, 6.45) is 1.73. The SMILES string of the molecule is Cc1ccnc(-c2nc3c(c(=O)[nH]2)CSC3)c1. The highest BCUT2D eigenvalue weighted by Crippen LogP contribution is 2.26. The summed E-state index contributed by atoms with van der Waals surface area (Å²) in [5, 5.41) is 0. The molecule has 3 heterocycles. The van der Waals surface area contributed by atoms with Crippen molar-refractivity contribution in [2.75, 3.05) is 0 Å². The number of H-pyrrole nitrogens is 1. The maximum Gasteiger partial charge on any atom is 0.255 e. The quantitative estimate of drug-likeness (QED) is 0.833. The van der Waals surface area contributed by atoms with E-state index in [1.165, 1.54) is 0 Å². The molecule has 5 heteroatoms. The molecule has 0 amide bonds. The number of aromatic nitrogens is 3. The Morgan fingerprint density at radius 2 is 2.29 bits per heavy atom. The molecule has 0 unspecified atom stereocenters. The van der Waals surface area contributed by atoms with Crippen LogP contribution in [0.5, 0.6) is 0 Å². The molecule has 0 atom stereocenters. The molecule has 2 aromatic rings. The zero-order chi connectivity index (χ0) is 11.8. The van der Waals surface area contributed by atoms with Crippen molar-refractivity contribution in [3.63, 3.8) is 0 Å². The van der Waals surface area contributed by atoms with Crippen LogP contribution in [0.15, 0.2) is 23.1 Å². The average molecular weight is 245 g/mol. The molecular formula is C12H11N3OS. The number of hydrogen-bond donors (Lipinski definition) is 1. The summed E-state index contributed by atoms with van der Waals surface area (Å²) in [5.74, 6) is 2.15. The van der Waals surface area contributed by atoms with E-state index in [2.05, 4.69) is 15.0 Å². The Kier molecular flexibility index (Phi) is 2.48. The Hall–Kier alpha value is -1.62. The molecule has 0 bridgehead atoms. The monoisotopic (exact) mass is 245 g/mol. The zero-order valence-electron chi connectivity index (χ0n) is 9.36. The molecule has 1 N–H and O–H groups in total. The molecule has 0 aliphatic carbocycles. The van der Waals surface area contributed by atoms with E-state index in [0.717, 1.165) is 34.0 Å². The van der Waals surface area contributed by atoms with Gasteiger partial charge in [-0.3, -0.25) is 9.78 Å². The van der Waals surface area contributed by atoms with Crippen molar-refractivity contribution in [2.45, 2.75) is 18.4 Å². The molecule has 3 rings (SSSR count). The number of pyridine rings is 1. The van der Waals surface area contributed by atoms with Crippen LogP contribution in [0.25, 0.3) is 11.5 Å². The van der Waals surface area contributed by atoms with E-state index >= 15 is 0 Å². The minimum atomic E-state index is -0.0293. The fraction of sp³-hybridized carbons (Fsp3) is 0.250. The predicted octanol–water partition coefficient (Wildman–Crippen LogP) is 1.89. The number of hydrogen-bond acceptors (Lipinski definition) is 4. The lowest BCUT2D eigenvalue weighted by Crippen LogP contribution is -2.15. The van der Waals surface area contributed by atoms with Crippen molar-refractivity contribution >= 4 is 11.8 Å². The van der Waals surface area contributed by atoms with Crippen LogP contribution in [0.1, 0.15) is 16.8 Å². The van der Waals surface area contributed by atoms with Gasteiger partial charge in [-0.05, 0) is 24.6 Å². The normalized spacial score (nSPS) is 13.7. The first-order chi connectivity index (χ1) is 8.24. The number of aromatic amines is 1. The Balaban J connectivity index is 2.16. The molecule has 1 aliphatic heterocycles. The van der Waals surface area contributed by atoms with E-state index in [4.69, 9.17) is 0 Å². The minimum absolute atomic E-state index is 0.0293. The van der Waals surface area contributed by atoms with Gasteiger partial charge < -0.3 is 4.98 Å². The van der Waals surface area contributed by atoms with Gasteiger partial charge in [0.2, 0.25) is 0 Å². The van der Waals surface area contributed by atoms with E-state index in [0.29, 0.717) is 5.82 Å². The van der Waals surface area contributed by atoms with Gasteiger partial charge in [-0.2, -0.15) is 11.8 Å². The Labute approximate surface area is 103 Å². The topological polar surface area (TPSA) is 58.6 Å². The lowest BCUT2D eigenvalue weighted by molar-refractivity contribution is 1.02. The second-order valence-corrected chi connectivity index (χ2v) is 5.04. The highest BCUT2D eigenvalue weighted by Gasteiger charge is 2.18. The molecule has 2 aromatic heterocycles. The maximum absolute atomic E-state index is 11.9. The standard InChI is InChI=1S/C12H11N3OS/c1-7-2-3-13-9(4-7)11-14-10-6-17-5-8(10)12(16)15-11/h2-4H,5-6H2,1H3,(H,14,15,16). The number of nitrogens with one attached hydrogen (secondary N) is 1. The Morgan fingerprint density at radius 1 is 1.41 bits per heavy atom. The number of thioether (sulfide) groups is 1. The fourth-order valence-electron chi connectivity index (χ4n) is 1.85. The second kappa shape index (κ2) is 4.00. The van der Waals surface area contributed by atoms with Crippen molar-refractivity contribution in [1.29, 1.82) is 0 Å². The van der Waals surface area contributed by atoms with Gasteiger partial charge in [-0.25, -0.2) is 4.98 Å². The van der Waals surface area contributed by atoms with Crippen LogP contribution in [0, 0.1) is 6.92 Å². The molecule has 0 saturated heterocycles. The van der Waals surface area contributed by atoms with Gasteiger partial charge >= 0.3 is 0 Å². The van der Waals surface area contributed by atoms with Crippen LogP contribution in [0.2, 0.25) is 0 Å². The summed E-state index contributed by atoms with van der Waals surface area (Å²) in [7, 11) is 0. The van der Waals surface area contributed by atoms with Crippen LogP contribution in [-0.4, -0.2) is 15.0 Å². The molecule has 86 valence electrons. The Morgan fingerprint density at radius 3 is 3.12 bits per heavy atom. The molecule has 0 fully saturated rings. The van der Waals surface area contributed by atoms with Crippen LogP contribution in [0.3, 0.4) is 0 Å². The smallest absolute Gasteiger partial charge is 0.255 e. The van der Waals surface area contributed by atoms with Crippen LogP contribution in [-0.2, 0) is 11.5 Å². The van der Waals surface area contributed by atoms with Gasteiger partial charge in [-0.15, -0.1) is 0 Å². The summed E-state index contributed by atoms with van der Waals surface area (Å²) in [5.41, 5.74) is 3.51. The first kappa shape index (κ1) is 10.5. The number of fused-ring (bicyclic) bond motifs is 1. The maximum atomic E-state index is 11.9. The van der Waals surface area contributed by atoms with Crippen molar-refractivity contribution in [1.82, 2.24) is 15.0 Å². The average Bonchev–Trinajstić information content (AvgIpc) is 2.77. The van der Waals surface area contributed by atoms with Gasteiger partial charge in [-0.1, -0.05) is 0 Å². The zero-order valence-corrected chi connectivity index (χ0v) is 10.2. The molecule has 0 aromatic carbocycles. The number of aryl methyl sites for hydroxylation is 1. The van der Waals surface area contributed by atoms with Gasteiger partial charge in [0.05, 0.1) is 5.69 Å². The first-order valence-electron chi connectivity index (χ1n) is 5.37. The summed E-state index contributed by atoms with van der Waals surface area (Å²) in [6.45, 7) is 1.99. The third-order valence-electron chi connectivity index (χ3n) is 2.74. The van der Waals surface area contributed by atoms with Crippen molar-refractivity contribution in [3.05, 3.63) is 45.5 Å². The molecular weight excluding hydrogens is 234 g/mol. The van der Waals surface area contributed by atoms with E-state index in [1.54, 1.807) is 18.0 Å². The van der Waals surface area contributed by atoms with Crippen LogP contribution < -0.4 is 5.56 Å². The number of nitrogens with zero attached hydrogens (tertiary/aromatic N) is 2. The molecule has 17 heavy (non-hydrogen) atoms. The molecule has 0 radical (unpaired) electrons. The fourth-order valence-corrected chi connectivity index (χ4v) is 2.89. The van der Waals surface area contributed by atoms with Gasteiger partial charge in [0, 0.05) is 23.3 Å². The largest absolute Gasteiger partial charge is 0.305 e. The lowest BCUT2D eigenvalue weighted by atomic mass is 10.2. The first-order valence-corrected chi connectivity index (χ1v) is 6.52. The van der Waals surface area contributed by atoms with Crippen molar-refractivity contribution < 1.29 is 0 Å². The van der Waals surface area contributed by atoms with E-state index in [-0.39, 0.29) is 5.56 Å². The van der Waals surface area contributed by atoms with Crippen molar-refractivity contribution in [2.24, 2.45) is 0 Å². The molecule has 0 saturated carbocycles. The molecule has 4 nitrogen and oxygen atoms in total. The summed E-state index contributed by atoms with van der Waals surface area (Å²) >= 11 is 1.72. The van der Waals surface area contributed by atoms with Crippen LogP contribution in [0.4, 0.5) is 0 Å². The Bertz CT molecular complexity index is 636. The predicted molar refractivity (Wildman–Crippen MR) is 67.8 cm³/mol. The second-order valence-electron chi connectivity index (χ2n) is 4.05. The summed E-state index contributed by atoms with van der Waals surface area (Å²) in [4.78, 5) is 23.4. The van der Waals surface area contributed by atoms with E-state index in [1.807, 2.05) is 19.1 Å². The summed E-state index contributed by atoms with van der Waals surface area (Å²) < 4.78 is 0. The molecule has 1 aliphatic rings. The highest BCUT2D eigenvalue weighted by molar-refractivity contribution is 7.98. The van der Waals surface area contributed by atoms with Gasteiger partial charge in [0.25, 0.3) is 5.56 Å². The van der Waals surface area contributed by atoms with Gasteiger partial charge in [0.15, 0.2) is 5.82 Å². The van der Waals surface area contributed by atoms with Gasteiger partial charge in [0.1, 0.15) is 5.69 Å². The third kappa shape index (κ3) is 1.86. The third-order valence-corrected chi connectivity index (χ3v) is 3.71. The minimum Gasteiger partial charge on any atom is -0.305 e.